The molecule has 2 aromatic rings. The molecule has 0 aliphatic carbocycles. The van der Waals surface area contributed by atoms with Crippen LogP contribution in [-0.4, -0.2) is 37.5 Å². The van der Waals surface area contributed by atoms with E-state index in [1.165, 1.54) is 38.5 Å². The van der Waals surface area contributed by atoms with Gasteiger partial charge in [-0.1, -0.05) is 0 Å². The van der Waals surface area contributed by atoms with Gasteiger partial charge in [0.2, 0.25) is 0 Å². The average Bonchev–Trinajstić information content (AvgIpc) is 2.64. The molecule has 0 aliphatic heterocycles. The highest BCUT2D eigenvalue weighted by atomic mass is 19.1. The molecule has 26 heavy (non-hydrogen) atoms. The summed E-state index contributed by atoms with van der Waals surface area (Å²) in [7, 11) is 2.57. The number of benzene rings is 2. The molecule has 0 saturated heterocycles. The minimum absolute atomic E-state index is 0.0119. The Bertz CT molecular complexity index is 866. The van der Waals surface area contributed by atoms with Gasteiger partial charge in [0.05, 0.1) is 19.1 Å². The summed E-state index contributed by atoms with van der Waals surface area (Å²) >= 11 is 0. The van der Waals surface area contributed by atoms with E-state index < -0.39 is 29.1 Å². The number of nitro benzene ring substituents is 1. The number of methoxy groups -OCH3 is 2. The van der Waals surface area contributed by atoms with Gasteiger partial charge in [0.25, 0.3) is 5.69 Å². The highest BCUT2D eigenvalue weighted by Gasteiger charge is 2.20. The average molecular weight is 363 g/mol. The number of ketones is 1. The summed E-state index contributed by atoms with van der Waals surface area (Å²) in [5.74, 6) is -2.33. The van der Waals surface area contributed by atoms with Crippen molar-refractivity contribution in [2.24, 2.45) is 0 Å². The summed E-state index contributed by atoms with van der Waals surface area (Å²) in [5.41, 5.74) is -0.543. The minimum Gasteiger partial charge on any atom is -0.496 e. The normalized spacial score (nSPS) is 10.1. The van der Waals surface area contributed by atoms with Crippen LogP contribution >= 0.6 is 0 Å². The van der Waals surface area contributed by atoms with Gasteiger partial charge in [-0.2, -0.15) is 0 Å². The molecule has 2 rings (SSSR count). The van der Waals surface area contributed by atoms with Crippen molar-refractivity contribution in [2.45, 2.75) is 0 Å². The van der Waals surface area contributed by atoms with E-state index in [9.17, 15) is 24.1 Å². The van der Waals surface area contributed by atoms with Gasteiger partial charge in [0.15, 0.2) is 24.0 Å². The molecule has 0 radical (unpaired) electrons. The molecule has 0 bridgehead atoms. The number of ether oxygens (including phenoxy) is 3. The second kappa shape index (κ2) is 8.06. The van der Waals surface area contributed by atoms with Crippen LogP contribution in [0.15, 0.2) is 36.4 Å². The van der Waals surface area contributed by atoms with E-state index >= 15 is 0 Å². The van der Waals surface area contributed by atoms with Crippen LogP contribution in [-0.2, 0) is 4.74 Å². The molecule has 0 heterocycles. The van der Waals surface area contributed by atoms with E-state index in [1.807, 2.05) is 0 Å². The van der Waals surface area contributed by atoms with Gasteiger partial charge < -0.3 is 14.2 Å². The fourth-order valence-corrected chi connectivity index (χ4v) is 2.10. The van der Waals surface area contributed by atoms with Crippen molar-refractivity contribution in [3.05, 3.63) is 63.5 Å². The van der Waals surface area contributed by atoms with Crippen LogP contribution < -0.4 is 9.47 Å². The molecule has 2 aromatic carbocycles. The van der Waals surface area contributed by atoms with E-state index in [2.05, 4.69) is 0 Å². The zero-order chi connectivity index (χ0) is 19.3. The molecule has 0 aromatic heterocycles. The lowest BCUT2D eigenvalue weighted by Gasteiger charge is -2.09. The van der Waals surface area contributed by atoms with Crippen molar-refractivity contribution >= 4 is 17.4 Å². The van der Waals surface area contributed by atoms with Crippen LogP contribution in [0, 0.1) is 15.9 Å². The summed E-state index contributed by atoms with van der Waals surface area (Å²) in [6, 6.07) is 6.96. The number of Topliss-reactive ketones (excluding diaryl/α,β-unsaturated/α-hetero) is 1. The lowest BCUT2D eigenvalue weighted by atomic mass is 10.1. The largest absolute Gasteiger partial charge is 0.496 e. The fourth-order valence-electron chi connectivity index (χ4n) is 2.10. The van der Waals surface area contributed by atoms with Crippen LogP contribution in [0.2, 0.25) is 0 Å². The zero-order valence-corrected chi connectivity index (χ0v) is 13.9. The number of rotatable bonds is 7. The van der Waals surface area contributed by atoms with Gasteiger partial charge in [0, 0.05) is 17.7 Å². The third-order valence-corrected chi connectivity index (χ3v) is 3.42. The SMILES string of the molecule is COc1ccc(C(=O)COC(=O)c2cc([N+](=O)[O-])ccc2OC)cc1F. The van der Waals surface area contributed by atoms with E-state index in [1.54, 1.807) is 0 Å². The first-order chi connectivity index (χ1) is 12.4. The van der Waals surface area contributed by atoms with Gasteiger partial charge in [-0.25, -0.2) is 9.18 Å². The van der Waals surface area contributed by atoms with Crippen LogP contribution in [0.3, 0.4) is 0 Å². The van der Waals surface area contributed by atoms with E-state index in [4.69, 9.17) is 14.2 Å². The van der Waals surface area contributed by atoms with Gasteiger partial charge in [0.1, 0.15) is 11.3 Å². The maximum absolute atomic E-state index is 13.6. The summed E-state index contributed by atoms with van der Waals surface area (Å²) in [6.45, 7) is -0.670. The lowest BCUT2D eigenvalue weighted by molar-refractivity contribution is -0.384. The maximum atomic E-state index is 13.6. The second-order valence-electron chi connectivity index (χ2n) is 4.99. The monoisotopic (exact) mass is 363 g/mol. The number of esters is 1. The van der Waals surface area contributed by atoms with Crippen molar-refractivity contribution in [2.75, 3.05) is 20.8 Å². The number of hydrogen-bond donors (Lipinski definition) is 0. The van der Waals surface area contributed by atoms with Crippen LogP contribution in [0.5, 0.6) is 11.5 Å². The second-order valence-corrected chi connectivity index (χ2v) is 4.99. The summed E-state index contributed by atoms with van der Waals surface area (Å²) in [6.07, 6.45) is 0. The fraction of sp³-hybridized carbons (Fsp3) is 0.176. The topological polar surface area (TPSA) is 105 Å². The van der Waals surface area contributed by atoms with Crippen LogP contribution in [0.25, 0.3) is 0 Å². The van der Waals surface area contributed by atoms with Gasteiger partial charge >= 0.3 is 5.97 Å². The summed E-state index contributed by atoms with van der Waals surface area (Å²) in [4.78, 5) is 34.3. The molecule has 9 heteroatoms. The van der Waals surface area contributed by atoms with Crippen molar-refractivity contribution in [3.63, 3.8) is 0 Å². The Hall–Kier alpha value is -3.49. The Morgan fingerprint density at radius 3 is 2.31 bits per heavy atom. The molecule has 0 spiro atoms. The molecule has 0 amide bonds. The smallest absolute Gasteiger partial charge is 0.342 e. The van der Waals surface area contributed by atoms with E-state index in [0.29, 0.717) is 0 Å². The van der Waals surface area contributed by atoms with Crippen molar-refractivity contribution in [1.82, 2.24) is 0 Å². The molecule has 0 unspecified atom stereocenters. The lowest BCUT2D eigenvalue weighted by Crippen LogP contribution is -2.15. The summed E-state index contributed by atoms with van der Waals surface area (Å²) in [5, 5.41) is 10.8. The van der Waals surface area contributed by atoms with Crippen LogP contribution in [0.1, 0.15) is 20.7 Å². The number of nitro groups is 1. The van der Waals surface area contributed by atoms with Crippen molar-refractivity contribution in [1.29, 1.82) is 0 Å². The number of carbonyl (C=O) groups excluding carboxylic acids is 2. The predicted octanol–water partition coefficient (Wildman–Crippen LogP) is 2.79. The number of nitrogens with zero attached hydrogens (tertiary/aromatic N) is 1. The predicted molar refractivity (Wildman–Crippen MR) is 87.2 cm³/mol. The summed E-state index contributed by atoms with van der Waals surface area (Å²) < 4.78 is 28.2. The standard InChI is InChI=1S/C17H14FNO7/c1-24-15-6-4-11(19(22)23)8-12(15)17(21)26-9-14(20)10-3-5-16(25-2)13(18)7-10/h3-8H,9H2,1-2H3. The Morgan fingerprint density at radius 1 is 1.08 bits per heavy atom. The molecular formula is C17H14FNO7. The quantitative estimate of drug-likeness (QED) is 0.322. The molecule has 0 saturated carbocycles. The van der Waals surface area contributed by atoms with Gasteiger partial charge in [-0.3, -0.25) is 14.9 Å². The van der Waals surface area contributed by atoms with E-state index in [-0.39, 0.29) is 28.3 Å². The number of hydrogen-bond acceptors (Lipinski definition) is 7. The maximum Gasteiger partial charge on any atom is 0.342 e. The van der Waals surface area contributed by atoms with Gasteiger partial charge in [-0.15, -0.1) is 0 Å². The molecule has 136 valence electrons. The third kappa shape index (κ3) is 4.12. The number of non-ortho nitro benzene ring substituents is 1. The Labute approximate surface area is 147 Å². The molecule has 8 nitrogen and oxygen atoms in total. The minimum atomic E-state index is -0.979. The van der Waals surface area contributed by atoms with Crippen molar-refractivity contribution in [3.8, 4) is 11.5 Å². The highest BCUT2D eigenvalue weighted by Crippen LogP contribution is 2.25. The Morgan fingerprint density at radius 2 is 1.73 bits per heavy atom. The first-order valence-electron chi connectivity index (χ1n) is 7.23. The van der Waals surface area contributed by atoms with Crippen LogP contribution in [0.4, 0.5) is 10.1 Å². The first kappa shape index (κ1) is 18.8. The molecule has 0 aliphatic rings. The number of halogens is 1. The molecule has 0 N–H and O–H groups in total. The Kier molecular flexibility index (Phi) is 5.84. The van der Waals surface area contributed by atoms with E-state index in [0.717, 1.165) is 12.1 Å². The van der Waals surface area contributed by atoms with Crippen molar-refractivity contribution < 1.29 is 33.1 Å². The van der Waals surface area contributed by atoms with Gasteiger partial charge in [-0.05, 0) is 24.3 Å². The number of carbonyl (C=O) groups is 2. The third-order valence-electron chi connectivity index (χ3n) is 3.42. The molecular weight excluding hydrogens is 349 g/mol. The zero-order valence-electron chi connectivity index (χ0n) is 13.9. The Balaban J connectivity index is 2.13. The molecule has 0 atom stereocenters. The highest BCUT2D eigenvalue weighted by molar-refractivity contribution is 6.00. The molecule has 0 fully saturated rings. The first-order valence-corrected chi connectivity index (χ1v) is 7.23.